The SMILES string of the molecule is CCC(CC)(C(=O)Cc1ccccc1Br)c1ccccc1. The van der Waals surface area contributed by atoms with E-state index in [2.05, 4.69) is 41.9 Å². The van der Waals surface area contributed by atoms with Crippen LogP contribution in [0, 0.1) is 0 Å². The largest absolute Gasteiger partial charge is 0.298 e. The molecule has 0 aliphatic heterocycles. The number of Topliss-reactive ketones (excluding diaryl/α,β-unsaturated/α-hetero) is 1. The molecule has 1 nitrogen and oxygen atoms in total. The summed E-state index contributed by atoms with van der Waals surface area (Å²) in [7, 11) is 0. The lowest BCUT2D eigenvalue weighted by Crippen LogP contribution is -2.36. The first-order valence-corrected chi connectivity index (χ1v) is 8.25. The van der Waals surface area contributed by atoms with E-state index in [1.165, 1.54) is 0 Å². The van der Waals surface area contributed by atoms with Gasteiger partial charge in [-0.05, 0) is 30.0 Å². The van der Waals surface area contributed by atoms with E-state index in [9.17, 15) is 4.79 Å². The molecular formula is C19H21BrO. The molecule has 0 bridgehead atoms. The van der Waals surface area contributed by atoms with Gasteiger partial charge in [-0.15, -0.1) is 0 Å². The maximum absolute atomic E-state index is 13.0. The molecule has 0 spiro atoms. The third kappa shape index (κ3) is 3.26. The number of hydrogen-bond donors (Lipinski definition) is 0. The fourth-order valence-electron chi connectivity index (χ4n) is 2.95. The fraction of sp³-hybridized carbons (Fsp3) is 0.316. The maximum atomic E-state index is 13.0. The van der Waals surface area contributed by atoms with Crippen LogP contribution in [0.1, 0.15) is 37.8 Å². The van der Waals surface area contributed by atoms with Crippen molar-refractivity contribution in [3.05, 3.63) is 70.2 Å². The van der Waals surface area contributed by atoms with Crippen LogP contribution >= 0.6 is 15.9 Å². The molecule has 0 radical (unpaired) electrons. The van der Waals surface area contributed by atoms with Crippen LogP contribution in [0.5, 0.6) is 0 Å². The summed E-state index contributed by atoms with van der Waals surface area (Å²) in [5.74, 6) is 0.297. The Morgan fingerprint density at radius 1 is 0.952 bits per heavy atom. The summed E-state index contributed by atoms with van der Waals surface area (Å²) >= 11 is 3.54. The molecule has 0 heterocycles. The van der Waals surface area contributed by atoms with Crippen LogP contribution in [0.25, 0.3) is 0 Å². The Hall–Kier alpha value is -1.41. The molecule has 0 amide bonds. The van der Waals surface area contributed by atoms with E-state index in [1.54, 1.807) is 0 Å². The smallest absolute Gasteiger partial charge is 0.147 e. The standard InChI is InChI=1S/C19H21BrO/c1-3-19(4-2,16-11-6-5-7-12-16)18(21)14-15-10-8-9-13-17(15)20/h5-13H,3-4,14H2,1-2H3. The van der Waals surface area contributed by atoms with Crippen LogP contribution in [-0.4, -0.2) is 5.78 Å². The van der Waals surface area contributed by atoms with Crippen molar-refractivity contribution in [1.29, 1.82) is 0 Å². The Kier molecular flexibility index (Phi) is 5.35. The average molecular weight is 345 g/mol. The van der Waals surface area contributed by atoms with Gasteiger partial charge in [-0.25, -0.2) is 0 Å². The lowest BCUT2D eigenvalue weighted by Gasteiger charge is -2.31. The van der Waals surface area contributed by atoms with Crippen LogP contribution in [0.4, 0.5) is 0 Å². The van der Waals surface area contributed by atoms with E-state index in [0.717, 1.165) is 28.4 Å². The summed E-state index contributed by atoms with van der Waals surface area (Å²) in [4.78, 5) is 13.0. The number of carbonyl (C=O) groups is 1. The summed E-state index contributed by atoms with van der Waals surface area (Å²) in [5.41, 5.74) is 1.81. The third-order valence-electron chi connectivity index (χ3n) is 4.38. The second-order valence-electron chi connectivity index (χ2n) is 5.35. The second kappa shape index (κ2) is 7.04. The lowest BCUT2D eigenvalue weighted by atomic mass is 9.71. The zero-order valence-corrected chi connectivity index (χ0v) is 14.2. The van der Waals surface area contributed by atoms with E-state index in [1.807, 2.05) is 42.5 Å². The van der Waals surface area contributed by atoms with E-state index < -0.39 is 0 Å². The molecule has 0 aromatic heterocycles. The minimum Gasteiger partial charge on any atom is -0.298 e. The van der Waals surface area contributed by atoms with Crippen LogP contribution in [0.2, 0.25) is 0 Å². The zero-order valence-electron chi connectivity index (χ0n) is 12.6. The monoisotopic (exact) mass is 344 g/mol. The minimum absolute atomic E-state index is 0.297. The molecule has 0 N–H and O–H groups in total. The average Bonchev–Trinajstić information content (AvgIpc) is 2.52. The molecule has 2 aromatic rings. The number of ketones is 1. The van der Waals surface area contributed by atoms with Crippen molar-refractivity contribution in [2.24, 2.45) is 0 Å². The molecule has 2 heteroatoms. The molecule has 0 unspecified atom stereocenters. The number of carbonyl (C=O) groups excluding carboxylic acids is 1. The van der Waals surface area contributed by atoms with Gasteiger partial charge in [0.25, 0.3) is 0 Å². The topological polar surface area (TPSA) is 17.1 Å². The molecule has 2 rings (SSSR count). The Morgan fingerprint density at radius 2 is 1.52 bits per heavy atom. The predicted octanol–water partition coefficient (Wildman–Crippen LogP) is 5.32. The molecule has 21 heavy (non-hydrogen) atoms. The van der Waals surface area contributed by atoms with E-state index in [4.69, 9.17) is 0 Å². The Bertz CT molecular complexity index is 600. The molecule has 2 aromatic carbocycles. The first-order chi connectivity index (χ1) is 10.1. The molecule has 110 valence electrons. The van der Waals surface area contributed by atoms with Crippen molar-refractivity contribution in [2.45, 2.75) is 38.5 Å². The van der Waals surface area contributed by atoms with Crippen LogP contribution in [-0.2, 0) is 16.6 Å². The number of halogens is 1. The van der Waals surface area contributed by atoms with E-state index in [0.29, 0.717) is 12.2 Å². The van der Waals surface area contributed by atoms with Gasteiger partial charge in [-0.3, -0.25) is 4.79 Å². The second-order valence-corrected chi connectivity index (χ2v) is 6.20. The number of benzene rings is 2. The van der Waals surface area contributed by atoms with Gasteiger partial charge in [0.05, 0.1) is 5.41 Å². The van der Waals surface area contributed by atoms with Gasteiger partial charge in [-0.2, -0.15) is 0 Å². The minimum atomic E-state index is -0.378. The van der Waals surface area contributed by atoms with Gasteiger partial charge in [-0.1, -0.05) is 78.3 Å². The molecule has 0 aliphatic rings. The normalized spacial score (nSPS) is 11.4. The summed E-state index contributed by atoms with van der Waals surface area (Å²) < 4.78 is 1.01. The summed E-state index contributed by atoms with van der Waals surface area (Å²) in [6.07, 6.45) is 2.13. The summed E-state index contributed by atoms with van der Waals surface area (Å²) in [5, 5.41) is 0. The third-order valence-corrected chi connectivity index (χ3v) is 5.15. The molecule has 0 saturated heterocycles. The zero-order chi connectivity index (χ0) is 15.3. The van der Waals surface area contributed by atoms with Crippen molar-refractivity contribution in [3.63, 3.8) is 0 Å². The highest BCUT2D eigenvalue weighted by molar-refractivity contribution is 9.10. The first kappa shape index (κ1) is 16.0. The van der Waals surface area contributed by atoms with Crippen LogP contribution in [0.15, 0.2) is 59.1 Å². The van der Waals surface area contributed by atoms with Gasteiger partial charge in [0.1, 0.15) is 5.78 Å². The Labute approximate surface area is 135 Å². The Morgan fingerprint density at radius 3 is 2.10 bits per heavy atom. The molecular weight excluding hydrogens is 324 g/mol. The van der Waals surface area contributed by atoms with E-state index in [-0.39, 0.29) is 5.41 Å². The quantitative estimate of drug-likeness (QED) is 0.693. The van der Waals surface area contributed by atoms with Gasteiger partial charge in [0.2, 0.25) is 0 Å². The van der Waals surface area contributed by atoms with Gasteiger partial charge in [0, 0.05) is 10.9 Å². The lowest BCUT2D eigenvalue weighted by molar-refractivity contribution is -0.124. The summed E-state index contributed by atoms with van der Waals surface area (Å²) in [6.45, 7) is 4.21. The van der Waals surface area contributed by atoms with Crippen molar-refractivity contribution in [1.82, 2.24) is 0 Å². The van der Waals surface area contributed by atoms with Gasteiger partial charge >= 0.3 is 0 Å². The van der Waals surface area contributed by atoms with Crippen molar-refractivity contribution in [3.8, 4) is 0 Å². The van der Waals surface area contributed by atoms with Gasteiger partial charge < -0.3 is 0 Å². The molecule has 0 aliphatic carbocycles. The maximum Gasteiger partial charge on any atom is 0.147 e. The van der Waals surface area contributed by atoms with E-state index >= 15 is 0 Å². The molecule has 0 fully saturated rings. The Balaban J connectivity index is 2.35. The van der Waals surface area contributed by atoms with Gasteiger partial charge in [0.15, 0.2) is 0 Å². The summed E-state index contributed by atoms with van der Waals surface area (Å²) in [6, 6.07) is 18.1. The van der Waals surface area contributed by atoms with Crippen molar-refractivity contribution >= 4 is 21.7 Å². The highest BCUT2D eigenvalue weighted by Gasteiger charge is 2.36. The molecule has 0 saturated carbocycles. The number of hydrogen-bond acceptors (Lipinski definition) is 1. The fourth-order valence-corrected chi connectivity index (χ4v) is 3.38. The highest BCUT2D eigenvalue weighted by Crippen LogP contribution is 2.34. The first-order valence-electron chi connectivity index (χ1n) is 7.46. The molecule has 0 atom stereocenters. The van der Waals surface area contributed by atoms with Crippen molar-refractivity contribution < 1.29 is 4.79 Å². The van der Waals surface area contributed by atoms with Crippen LogP contribution in [0.3, 0.4) is 0 Å². The van der Waals surface area contributed by atoms with Crippen molar-refractivity contribution in [2.75, 3.05) is 0 Å². The highest BCUT2D eigenvalue weighted by atomic mass is 79.9. The van der Waals surface area contributed by atoms with Crippen LogP contribution < -0.4 is 0 Å². The predicted molar refractivity (Wildman–Crippen MR) is 91.6 cm³/mol. The number of rotatable bonds is 6.